The first-order chi connectivity index (χ1) is 13.0. The number of alkyl halides is 6. The quantitative estimate of drug-likeness (QED) is 0.491. The Morgan fingerprint density at radius 1 is 0.821 bits per heavy atom. The van der Waals surface area contributed by atoms with Gasteiger partial charge in [-0.25, -0.2) is 0 Å². The van der Waals surface area contributed by atoms with Crippen molar-refractivity contribution in [2.45, 2.75) is 19.0 Å². The maximum atomic E-state index is 12.9. The van der Waals surface area contributed by atoms with Crippen LogP contribution in [0.25, 0.3) is 0 Å². The summed E-state index contributed by atoms with van der Waals surface area (Å²) in [4.78, 5) is 11.3. The molecule has 0 aliphatic rings. The first-order valence-electron chi connectivity index (χ1n) is 7.62. The van der Waals surface area contributed by atoms with Crippen molar-refractivity contribution >= 4 is 6.29 Å². The van der Waals surface area contributed by atoms with Crippen molar-refractivity contribution in [3.05, 3.63) is 52.6 Å². The Hall–Kier alpha value is -2.91. The SMILES string of the molecule is COc1cc(OC)c(C=O)c(OCc2cc(C(F)(F)F)cc(C(F)(F)F)c2)c1. The van der Waals surface area contributed by atoms with Crippen molar-refractivity contribution in [3.63, 3.8) is 0 Å². The van der Waals surface area contributed by atoms with Crippen LogP contribution in [0.3, 0.4) is 0 Å². The van der Waals surface area contributed by atoms with E-state index in [9.17, 15) is 31.1 Å². The smallest absolute Gasteiger partial charge is 0.416 e. The fraction of sp³-hybridized carbons (Fsp3) is 0.278. The molecule has 28 heavy (non-hydrogen) atoms. The molecular weight excluding hydrogens is 394 g/mol. The van der Waals surface area contributed by atoms with Crippen LogP contribution in [0.5, 0.6) is 17.2 Å². The van der Waals surface area contributed by atoms with Gasteiger partial charge in [0.2, 0.25) is 0 Å². The molecule has 0 N–H and O–H groups in total. The number of carbonyl (C=O) groups is 1. The molecular formula is C18H14F6O4. The first-order valence-corrected chi connectivity index (χ1v) is 7.62. The number of carbonyl (C=O) groups excluding carboxylic acids is 1. The second-order valence-electron chi connectivity index (χ2n) is 5.56. The number of methoxy groups -OCH3 is 2. The number of ether oxygens (including phenoxy) is 3. The monoisotopic (exact) mass is 408 g/mol. The average molecular weight is 408 g/mol. The van der Waals surface area contributed by atoms with E-state index in [2.05, 4.69) is 0 Å². The molecule has 0 unspecified atom stereocenters. The number of aldehydes is 1. The van der Waals surface area contributed by atoms with Crippen LogP contribution in [0, 0.1) is 0 Å². The highest BCUT2D eigenvalue weighted by Crippen LogP contribution is 2.37. The van der Waals surface area contributed by atoms with E-state index < -0.39 is 30.1 Å². The second-order valence-corrected chi connectivity index (χ2v) is 5.56. The van der Waals surface area contributed by atoms with Crippen molar-refractivity contribution in [1.82, 2.24) is 0 Å². The maximum Gasteiger partial charge on any atom is 0.416 e. The van der Waals surface area contributed by atoms with Crippen LogP contribution in [0.4, 0.5) is 26.3 Å². The first kappa shape index (κ1) is 21.4. The summed E-state index contributed by atoms with van der Waals surface area (Å²) in [6.07, 6.45) is -9.55. The minimum Gasteiger partial charge on any atom is -0.496 e. The normalized spacial score (nSPS) is 11.9. The Bertz CT molecular complexity index is 826. The van der Waals surface area contributed by atoms with Crippen LogP contribution in [0.15, 0.2) is 30.3 Å². The molecule has 0 heterocycles. The largest absolute Gasteiger partial charge is 0.496 e. The summed E-state index contributed by atoms with van der Waals surface area (Å²) in [5.74, 6) is 0.180. The summed E-state index contributed by atoms with van der Waals surface area (Å²) in [6, 6.07) is 3.77. The van der Waals surface area contributed by atoms with Crippen LogP contribution in [0.2, 0.25) is 0 Å². The lowest BCUT2D eigenvalue weighted by Gasteiger charge is -2.16. The van der Waals surface area contributed by atoms with E-state index in [1.165, 1.54) is 26.4 Å². The van der Waals surface area contributed by atoms with E-state index >= 15 is 0 Å². The summed E-state index contributed by atoms with van der Waals surface area (Å²) in [6.45, 7) is -0.649. The molecule has 2 aromatic carbocycles. The van der Waals surface area contributed by atoms with E-state index in [1.54, 1.807) is 0 Å². The van der Waals surface area contributed by atoms with E-state index in [0.29, 0.717) is 18.4 Å². The van der Waals surface area contributed by atoms with Crippen LogP contribution in [-0.2, 0) is 19.0 Å². The molecule has 0 aliphatic carbocycles. The number of benzene rings is 2. The average Bonchev–Trinajstić information content (AvgIpc) is 2.63. The molecule has 0 aliphatic heterocycles. The number of hydrogen-bond donors (Lipinski definition) is 0. The van der Waals surface area contributed by atoms with E-state index in [-0.39, 0.29) is 34.4 Å². The van der Waals surface area contributed by atoms with Crippen molar-refractivity contribution in [2.24, 2.45) is 0 Å². The molecule has 4 nitrogen and oxygen atoms in total. The Labute approximate surface area is 155 Å². The fourth-order valence-corrected chi connectivity index (χ4v) is 2.36. The predicted octanol–water partition coefficient (Wildman–Crippen LogP) is 5.13. The van der Waals surface area contributed by atoms with Gasteiger partial charge in [0.25, 0.3) is 0 Å². The zero-order valence-electron chi connectivity index (χ0n) is 14.6. The molecule has 2 rings (SSSR count). The molecule has 10 heteroatoms. The van der Waals surface area contributed by atoms with Crippen molar-refractivity contribution in [3.8, 4) is 17.2 Å². The topological polar surface area (TPSA) is 44.8 Å². The lowest BCUT2D eigenvalue weighted by molar-refractivity contribution is -0.143. The molecule has 0 spiro atoms. The van der Waals surface area contributed by atoms with Crippen molar-refractivity contribution in [1.29, 1.82) is 0 Å². The van der Waals surface area contributed by atoms with Gasteiger partial charge in [-0.1, -0.05) is 0 Å². The highest BCUT2D eigenvalue weighted by molar-refractivity contribution is 5.84. The lowest BCUT2D eigenvalue weighted by Crippen LogP contribution is -2.12. The zero-order valence-corrected chi connectivity index (χ0v) is 14.6. The minimum absolute atomic E-state index is 0.0227. The van der Waals surface area contributed by atoms with Gasteiger partial charge in [0, 0.05) is 12.1 Å². The maximum absolute atomic E-state index is 12.9. The standard InChI is InChI=1S/C18H14F6O4/c1-26-13-6-15(27-2)14(8-25)16(7-13)28-9-10-3-11(17(19,20)21)5-12(4-10)18(22,23)24/h3-8H,9H2,1-2H3. The molecule has 0 atom stereocenters. The van der Waals surface area contributed by atoms with Crippen LogP contribution >= 0.6 is 0 Å². The Balaban J connectivity index is 2.43. The second kappa shape index (κ2) is 7.99. The lowest BCUT2D eigenvalue weighted by atomic mass is 10.1. The number of rotatable bonds is 6. The third kappa shape index (κ3) is 4.87. The van der Waals surface area contributed by atoms with Gasteiger partial charge in [-0.3, -0.25) is 4.79 Å². The van der Waals surface area contributed by atoms with Gasteiger partial charge in [-0.15, -0.1) is 0 Å². The summed E-state index contributed by atoms with van der Waals surface area (Å²) >= 11 is 0. The van der Waals surface area contributed by atoms with Crippen molar-refractivity contribution in [2.75, 3.05) is 14.2 Å². The van der Waals surface area contributed by atoms with Gasteiger partial charge in [0.15, 0.2) is 6.29 Å². The highest BCUT2D eigenvalue weighted by atomic mass is 19.4. The highest BCUT2D eigenvalue weighted by Gasteiger charge is 2.36. The van der Waals surface area contributed by atoms with Gasteiger partial charge >= 0.3 is 12.4 Å². The van der Waals surface area contributed by atoms with E-state index in [4.69, 9.17) is 14.2 Å². The van der Waals surface area contributed by atoms with Gasteiger partial charge in [-0.2, -0.15) is 26.3 Å². The van der Waals surface area contributed by atoms with E-state index in [1.807, 2.05) is 0 Å². The van der Waals surface area contributed by atoms with Crippen molar-refractivity contribution < 1.29 is 45.3 Å². The van der Waals surface area contributed by atoms with Gasteiger partial charge in [0.05, 0.1) is 30.9 Å². The molecule has 152 valence electrons. The summed E-state index contributed by atoms with van der Waals surface area (Å²) < 4.78 is 92.9. The third-order valence-electron chi connectivity index (χ3n) is 3.69. The van der Waals surface area contributed by atoms with E-state index in [0.717, 1.165) is 0 Å². The summed E-state index contributed by atoms with van der Waals surface area (Å²) in [5, 5.41) is 0. The zero-order chi connectivity index (χ0) is 21.1. The molecule has 0 saturated carbocycles. The summed E-state index contributed by atoms with van der Waals surface area (Å²) in [7, 11) is 2.59. The molecule has 0 fully saturated rings. The van der Waals surface area contributed by atoms with Gasteiger partial charge < -0.3 is 14.2 Å². The summed E-state index contributed by atoms with van der Waals surface area (Å²) in [5.41, 5.74) is -3.35. The number of hydrogen-bond acceptors (Lipinski definition) is 4. The predicted molar refractivity (Wildman–Crippen MR) is 85.7 cm³/mol. The molecule has 0 saturated heterocycles. The van der Waals surface area contributed by atoms with Crippen LogP contribution in [0.1, 0.15) is 27.0 Å². The molecule has 0 bridgehead atoms. The molecule has 0 aromatic heterocycles. The molecule has 0 radical (unpaired) electrons. The van der Waals surface area contributed by atoms with Gasteiger partial charge in [0.1, 0.15) is 23.9 Å². The Morgan fingerprint density at radius 3 is 1.79 bits per heavy atom. The minimum atomic E-state index is -4.97. The number of halogens is 6. The van der Waals surface area contributed by atoms with Crippen LogP contribution < -0.4 is 14.2 Å². The molecule has 2 aromatic rings. The third-order valence-corrected chi connectivity index (χ3v) is 3.69. The van der Waals surface area contributed by atoms with Gasteiger partial charge in [-0.05, 0) is 23.8 Å². The molecule has 0 amide bonds. The van der Waals surface area contributed by atoms with Crippen LogP contribution in [-0.4, -0.2) is 20.5 Å². The Morgan fingerprint density at radius 2 is 1.36 bits per heavy atom. The fourth-order valence-electron chi connectivity index (χ4n) is 2.36. The Kier molecular flexibility index (Phi) is 6.10.